The standard InChI is InChI=1S/C29H43NO2/c1-6-30-16-17(2)13-27(32)28(30)19(4)22-9-10-23-24-8-7-20-14-21(31)11-12-29(20,5)26(24)15-25(23)18(22)3/h7,9-10,17,19,21,24,26-28,31-32H,6,8,11-16H2,1-5H3/t17-,19-,21?,24-,26-,27?,28-,29-/m0/s1. The largest absolute Gasteiger partial charge is 0.393 e. The molecule has 8 atom stereocenters. The number of likely N-dealkylation sites (tertiary alicyclic amines) is 1. The Morgan fingerprint density at radius 1 is 1.22 bits per heavy atom. The van der Waals surface area contributed by atoms with Crippen molar-refractivity contribution in [2.24, 2.45) is 17.3 Å². The van der Waals surface area contributed by atoms with Gasteiger partial charge in [-0.3, -0.25) is 4.90 Å². The molecule has 1 saturated carbocycles. The van der Waals surface area contributed by atoms with Crippen LogP contribution in [0.15, 0.2) is 23.8 Å². The lowest BCUT2D eigenvalue weighted by Gasteiger charge is -2.48. The van der Waals surface area contributed by atoms with Crippen molar-refractivity contribution in [3.8, 4) is 0 Å². The number of aliphatic hydroxyl groups excluding tert-OH is 2. The van der Waals surface area contributed by atoms with Gasteiger partial charge in [-0.25, -0.2) is 0 Å². The first-order valence-electron chi connectivity index (χ1n) is 13.2. The molecule has 2 unspecified atom stereocenters. The summed E-state index contributed by atoms with van der Waals surface area (Å²) in [4.78, 5) is 2.51. The Labute approximate surface area is 194 Å². The zero-order chi connectivity index (χ0) is 22.8. The van der Waals surface area contributed by atoms with Crippen LogP contribution < -0.4 is 0 Å². The first-order valence-corrected chi connectivity index (χ1v) is 13.2. The number of fused-ring (bicyclic) bond motifs is 5. The maximum Gasteiger partial charge on any atom is 0.0704 e. The molecular weight excluding hydrogens is 394 g/mol. The molecule has 1 aromatic rings. The average Bonchev–Trinajstić information content (AvgIpc) is 3.14. The number of hydrogen-bond donors (Lipinski definition) is 2. The zero-order valence-corrected chi connectivity index (χ0v) is 20.8. The Kier molecular flexibility index (Phi) is 5.83. The van der Waals surface area contributed by atoms with Crippen molar-refractivity contribution >= 4 is 0 Å². The number of rotatable bonds is 3. The van der Waals surface area contributed by atoms with Crippen LogP contribution in [0.2, 0.25) is 0 Å². The normalized spacial score (nSPS) is 40.3. The molecule has 32 heavy (non-hydrogen) atoms. The van der Waals surface area contributed by atoms with E-state index in [2.05, 4.69) is 57.7 Å². The fourth-order valence-electron chi connectivity index (χ4n) is 8.24. The Balaban J connectivity index is 1.45. The van der Waals surface area contributed by atoms with Gasteiger partial charge in [0.05, 0.1) is 12.2 Å². The van der Waals surface area contributed by atoms with E-state index < -0.39 is 0 Å². The number of piperidine rings is 1. The van der Waals surface area contributed by atoms with Crippen LogP contribution in [-0.2, 0) is 6.42 Å². The number of benzene rings is 1. The van der Waals surface area contributed by atoms with E-state index in [1.54, 1.807) is 11.1 Å². The maximum absolute atomic E-state index is 11.0. The van der Waals surface area contributed by atoms with E-state index in [1.165, 1.54) is 23.1 Å². The van der Waals surface area contributed by atoms with Crippen molar-refractivity contribution in [1.29, 1.82) is 0 Å². The second-order valence-electron chi connectivity index (χ2n) is 11.8. The molecule has 5 rings (SSSR count). The highest BCUT2D eigenvalue weighted by Crippen LogP contribution is 2.60. The van der Waals surface area contributed by atoms with Gasteiger partial charge in [0.15, 0.2) is 0 Å². The Morgan fingerprint density at radius 2 is 2.00 bits per heavy atom. The molecule has 3 heteroatoms. The van der Waals surface area contributed by atoms with Crippen LogP contribution in [0.4, 0.5) is 0 Å². The van der Waals surface area contributed by atoms with Gasteiger partial charge in [0.1, 0.15) is 0 Å². The van der Waals surface area contributed by atoms with E-state index in [4.69, 9.17) is 0 Å². The maximum atomic E-state index is 11.0. The number of nitrogens with zero attached hydrogens (tertiary/aromatic N) is 1. The molecule has 176 valence electrons. The number of hydrogen-bond acceptors (Lipinski definition) is 3. The van der Waals surface area contributed by atoms with E-state index in [-0.39, 0.29) is 23.7 Å². The summed E-state index contributed by atoms with van der Waals surface area (Å²) in [5, 5.41) is 21.3. The Bertz CT molecular complexity index is 907. The third-order valence-electron chi connectivity index (χ3n) is 10.0. The predicted molar refractivity (Wildman–Crippen MR) is 131 cm³/mol. The monoisotopic (exact) mass is 437 g/mol. The summed E-state index contributed by atoms with van der Waals surface area (Å²) in [6, 6.07) is 5.04. The van der Waals surface area contributed by atoms with Crippen molar-refractivity contribution in [1.82, 2.24) is 4.90 Å². The number of likely N-dealkylation sites (N-methyl/N-ethyl adjacent to an activating group) is 1. The predicted octanol–water partition coefficient (Wildman–Crippen LogP) is 5.33. The molecule has 2 fully saturated rings. The molecule has 0 radical (unpaired) electrons. The fraction of sp³-hybridized carbons (Fsp3) is 0.724. The molecule has 1 aliphatic heterocycles. The topological polar surface area (TPSA) is 43.7 Å². The Morgan fingerprint density at radius 3 is 2.75 bits per heavy atom. The molecule has 1 aromatic carbocycles. The van der Waals surface area contributed by atoms with E-state index in [1.807, 2.05) is 0 Å². The van der Waals surface area contributed by atoms with Crippen molar-refractivity contribution in [2.75, 3.05) is 13.1 Å². The van der Waals surface area contributed by atoms with Gasteiger partial charge >= 0.3 is 0 Å². The minimum Gasteiger partial charge on any atom is -0.393 e. The van der Waals surface area contributed by atoms with Gasteiger partial charge in [0.25, 0.3) is 0 Å². The minimum atomic E-state index is -0.247. The van der Waals surface area contributed by atoms with Crippen LogP contribution in [-0.4, -0.2) is 46.5 Å². The molecular formula is C29H43NO2. The molecule has 0 amide bonds. The second-order valence-corrected chi connectivity index (χ2v) is 11.8. The summed E-state index contributed by atoms with van der Waals surface area (Å²) in [5.41, 5.74) is 7.86. The molecule has 3 nitrogen and oxygen atoms in total. The van der Waals surface area contributed by atoms with Crippen LogP contribution in [0, 0.1) is 24.2 Å². The van der Waals surface area contributed by atoms with E-state index in [0.29, 0.717) is 23.7 Å². The van der Waals surface area contributed by atoms with Crippen molar-refractivity contribution in [2.45, 2.75) is 103 Å². The van der Waals surface area contributed by atoms with E-state index in [9.17, 15) is 10.2 Å². The van der Waals surface area contributed by atoms with Crippen LogP contribution in [0.25, 0.3) is 0 Å². The lowest BCUT2D eigenvalue weighted by Crippen LogP contribution is -2.53. The molecule has 0 aromatic heterocycles. The summed E-state index contributed by atoms with van der Waals surface area (Å²) >= 11 is 0. The second kappa shape index (κ2) is 8.25. The zero-order valence-electron chi connectivity index (χ0n) is 20.8. The summed E-state index contributed by atoms with van der Waals surface area (Å²) in [6.07, 6.45) is 8.25. The average molecular weight is 438 g/mol. The summed E-state index contributed by atoms with van der Waals surface area (Å²) in [6.45, 7) is 13.8. The molecule has 1 saturated heterocycles. The molecule has 2 N–H and O–H groups in total. The molecule has 4 aliphatic rings. The van der Waals surface area contributed by atoms with Crippen LogP contribution in [0.3, 0.4) is 0 Å². The smallest absolute Gasteiger partial charge is 0.0704 e. The molecule has 1 heterocycles. The van der Waals surface area contributed by atoms with Gasteiger partial charge in [0, 0.05) is 12.6 Å². The third kappa shape index (κ3) is 3.42. The number of allylic oxidation sites excluding steroid dienone is 1. The quantitative estimate of drug-likeness (QED) is 0.629. The fourth-order valence-corrected chi connectivity index (χ4v) is 8.24. The Hall–Kier alpha value is -1.16. The van der Waals surface area contributed by atoms with Crippen molar-refractivity contribution in [3.05, 3.63) is 46.0 Å². The van der Waals surface area contributed by atoms with Crippen LogP contribution in [0.1, 0.15) is 93.9 Å². The van der Waals surface area contributed by atoms with Gasteiger partial charge in [-0.05, 0) is 103 Å². The lowest BCUT2D eigenvalue weighted by molar-refractivity contribution is -0.0184. The van der Waals surface area contributed by atoms with Gasteiger partial charge < -0.3 is 10.2 Å². The third-order valence-corrected chi connectivity index (χ3v) is 10.0. The van der Waals surface area contributed by atoms with Crippen LogP contribution in [0.5, 0.6) is 0 Å². The van der Waals surface area contributed by atoms with E-state index >= 15 is 0 Å². The SMILES string of the molecule is CCN1C[C@@H](C)CC(O)[C@@H]1[C@@H](C)c1ccc2c(c1C)C[C@H]1[C@H]2CC=C2CC(O)CC[C@@]21C. The summed E-state index contributed by atoms with van der Waals surface area (Å²) in [7, 11) is 0. The van der Waals surface area contributed by atoms with Gasteiger partial charge in [-0.15, -0.1) is 0 Å². The van der Waals surface area contributed by atoms with Gasteiger partial charge in [-0.2, -0.15) is 0 Å². The minimum absolute atomic E-state index is 0.144. The first-order chi connectivity index (χ1) is 15.2. The highest BCUT2D eigenvalue weighted by Gasteiger charge is 2.50. The summed E-state index contributed by atoms with van der Waals surface area (Å²) < 4.78 is 0. The number of aliphatic hydroxyl groups is 2. The molecule has 0 bridgehead atoms. The first kappa shape index (κ1) is 22.6. The van der Waals surface area contributed by atoms with E-state index in [0.717, 1.165) is 45.2 Å². The van der Waals surface area contributed by atoms with Crippen LogP contribution >= 0.6 is 0 Å². The molecule has 3 aliphatic carbocycles. The van der Waals surface area contributed by atoms with Gasteiger partial charge in [-0.1, -0.05) is 51.5 Å². The summed E-state index contributed by atoms with van der Waals surface area (Å²) in [5.74, 6) is 2.20. The molecule has 0 spiro atoms. The highest BCUT2D eigenvalue weighted by atomic mass is 16.3. The van der Waals surface area contributed by atoms with Gasteiger partial charge in [0.2, 0.25) is 0 Å². The van der Waals surface area contributed by atoms with Crippen molar-refractivity contribution < 1.29 is 10.2 Å². The lowest BCUT2D eigenvalue weighted by atomic mass is 9.57. The van der Waals surface area contributed by atoms with Crippen molar-refractivity contribution in [3.63, 3.8) is 0 Å². The highest BCUT2D eigenvalue weighted by molar-refractivity contribution is 5.50.